The highest BCUT2D eigenvalue weighted by molar-refractivity contribution is 5.02. The maximum Gasteiger partial charge on any atom is 0.213 e. The van der Waals surface area contributed by atoms with Crippen molar-refractivity contribution in [1.82, 2.24) is 25.5 Å². The first-order valence-electron chi connectivity index (χ1n) is 4.77. The first-order valence-corrected chi connectivity index (χ1v) is 4.77. The predicted molar refractivity (Wildman–Crippen MR) is 48.3 cm³/mol. The third kappa shape index (κ3) is 1.61. The first kappa shape index (κ1) is 9.51. The summed E-state index contributed by atoms with van der Waals surface area (Å²) in [6.45, 7) is 2.32. The number of piperidine rings is 1. The number of aromatic nitrogens is 4. The van der Waals surface area contributed by atoms with E-state index in [-0.39, 0.29) is 12.4 Å². The molecule has 1 N–H and O–H groups in total. The van der Waals surface area contributed by atoms with Gasteiger partial charge in [0.2, 0.25) is 5.82 Å². The molecule has 1 aliphatic heterocycles. The fraction of sp³-hybridized carbons (Fsp3) is 0.875. The molecule has 0 spiro atoms. The molecule has 0 saturated carbocycles. The van der Waals surface area contributed by atoms with Crippen LogP contribution in [0.2, 0.25) is 0 Å². The molecule has 1 aliphatic rings. The number of nitrogens with zero attached hydrogens (tertiary/aromatic N) is 4. The molecule has 2 unspecified atom stereocenters. The number of tetrazole rings is 1. The topological polar surface area (TPSA) is 55.6 Å². The molecule has 2 rings (SSSR count). The highest BCUT2D eigenvalue weighted by Crippen LogP contribution is 2.31. The van der Waals surface area contributed by atoms with Crippen molar-refractivity contribution in [3.8, 4) is 0 Å². The van der Waals surface area contributed by atoms with Crippen molar-refractivity contribution in [2.45, 2.75) is 31.5 Å². The van der Waals surface area contributed by atoms with Crippen LogP contribution in [0.15, 0.2) is 0 Å². The quantitative estimate of drug-likeness (QED) is 0.699. The van der Waals surface area contributed by atoms with Gasteiger partial charge in [0.1, 0.15) is 0 Å². The monoisotopic (exact) mass is 199 g/mol. The number of alkyl halides is 1. The van der Waals surface area contributed by atoms with E-state index in [9.17, 15) is 4.39 Å². The SMILES string of the molecule is CC1CCC(F)(c2nnn(C)n2)CN1. The Morgan fingerprint density at radius 1 is 1.64 bits per heavy atom. The average molecular weight is 199 g/mol. The van der Waals surface area contributed by atoms with Gasteiger partial charge < -0.3 is 5.32 Å². The van der Waals surface area contributed by atoms with Crippen molar-refractivity contribution < 1.29 is 4.39 Å². The Bertz CT molecular complexity index is 315. The molecule has 14 heavy (non-hydrogen) atoms. The Labute approximate surface area is 81.7 Å². The van der Waals surface area contributed by atoms with Crippen LogP contribution in [0.3, 0.4) is 0 Å². The zero-order valence-electron chi connectivity index (χ0n) is 8.37. The van der Waals surface area contributed by atoms with E-state index in [0.717, 1.165) is 6.42 Å². The van der Waals surface area contributed by atoms with Crippen molar-refractivity contribution >= 4 is 0 Å². The van der Waals surface area contributed by atoms with Gasteiger partial charge in [-0.25, -0.2) is 4.39 Å². The lowest BCUT2D eigenvalue weighted by atomic mass is 9.92. The Morgan fingerprint density at radius 2 is 2.43 bits per heavy atom. The van der Waals surface area contributed by atoms with Crippen molar-refractivity contribution in [1.29, 1.82) is 0 Å². The molecule has 0 amide bonds. The van der Waals surface area contributed by atoms with Gasteiger partial charge in [-0.05, 0) is 25.0 Å². The molecule has 6 heteroatoms. The van der Waals surface area contributed by atoms with Crippen molar-refractivity contribution in [3.63, 3.8) is 0 Å². The summed E-state index contributed by atoms with van der Waals surface area (Å²) in [5, 5.41) is 14.4. The van der Waals surface area contributed by atoms with Gasteiger partial charge in [-0.2, -0.15) is 4.80 Å². The average Bonchev–Trinajstić information content (AvgIpc) is 2.58. The molecule has 0 bridgehead atoms. The van der Waals surface area contributed by atoms with Crippen LogP contribution in [0.25, 0.3) is 0 Å². The molecule has 5 nitrogen and oxygen atoms in total. The Morgan fingerprint density at radius 3 is 2.93 bits per heavy atom. The molecule has 1 aromatic rings. The minimum atomic E-state index is -1.44. The number of hydrogen-bond donors (Lipinski definition) is 1. The molecule has 0 radical (unpaired) electrons. The number of rotatable bonds is 1. The van der Waals surface area contributed by atoms with Gasteiger partial charge in [0, 0.05) is 12.6 Å². The third-order valence-corrected chi connectivity index (χ3v) is 2.61. The van der Waals surface area contributed by atoms with Crippen LogP contribution in [0.4, 0.5) is 4.39 Å². The van der Waals surface area contributed by atoms with E-state index in [0.29, 0.717) is 12.5 Å². The molecule has 0 aromatic carbocycles. The van der Waals surface area contributed by atoms with Gasteiger partial charge in [0.15, 0.2) is 5.67 Å². The Kier molecular flexibility index (Phi) is 2.22. The molecule has 2 heterocycles. The van der Waals surface area contributed by atoms with Crippen LogP contribution < -0.4 is 5.32 Å². The van der Waals surface area contributed by atoms with E-state index in [2.05, 4.69) is 20.7 Å². The molecule has 1 aromatic heterocycles. The summed E-state index contributed by atoms with van der Waals surface area (Å²) in [6, 6.07) is 0.371. The van der Waals surface area contributed by atoms with Crippen LogP contribution >= 0.6 is 0 Å². The van der Waals surface area contributed by atoms with Crippen molar-refractivity contribution in [2.24, 2.45) is 7.05 Å². The normalized spacial score (nSPS) is 33.2. The van der Waals surface area contributed by atoms with Gasteiger partial charge in [0.05, 0.1) is 7.05 Å². The van der Waals surface area contributed by atoms with Crippen LogP contribution in [0.5, 0.6) is 0 Å². The first-order chi connectivity index (χ1) is 6.60. The second-order valence-corrected chi connectivity index (χ2v) is 3.89. The molecular formula is C8H14FN5. The van der Waals surface area contributed by atoms with Gasteiger partial charge >= 0.3 is 0 Å². The lowest BCUT2D eigenvalue weighted by molar-refractivity contribution is 0.0958. The number of nitrogens with one attached hydrogen (secondary N) is 1. The largest absolute Gasteiger partial charge is 0.311 e. The number of hydrogen-bond acceptors (Lipinski definition) is 4. The van der Waals surface area contributed by atoms with Crippen LogP contribution in [-0.2, 0) is 12.7 Å². The standard InChI is InChI=1S/C8H14FN5/c1-6-3-4-8(9,5-10-6)7-11-13-14(2)12-7/h6,10H,3-5H2,1-2H3. The predicted octanol–water partition coefficient (Wildman–Crippen LogP) is 0.147. The molecule has 2 atom stereocenters. The third-order valence-electron chi connectivity index (χ3n) is 2.61. The van der Waals surface area contributed by atoms with Gasteiger partial charge in [0.25, 0.3) is 0 Å². The summed E-state index contributed by atoms with van der Waals surface area (Å²) < 4.78 is 14.3. The Balaban J connectivity index is 2.16. The summed E-state index contributed by atoms with van der Waals surface area (Å²) in [7, 11) is 1.64. The van der Waals surface area contributed by atoms with Crippen molar-refractivity contribution in [3.05, 3.63) is 5.82 Å². The van der Waals surface area contributed by atoms with E-state index in [1.807, 2.05) is 6.92 Å². The van der Waals surface area contributed by atoms with E-state index in [1.54, 1.807) is 7.05 Å². The lowest BCUT2D eigenvalue weighted by Crippen LogP contribution is -2.45. The highest BCUT2D eigenvalue weighted by atomic mass is 19.1. The lowest BCUT2D eigenvalue weighted by Gasteiger charge is -2.30. The van der Waals surface area contributed by atoms with Crippen LogP contribution in [0, 0.1) is 0 Å². The minimum Gasteiger partial charge on any atom is -0.311 e. The van der Waals surface area contributed by atoms with E-state index in [1.165, 1.54) is 4.80 Å². The minimum absolute atomic E-state index is 0.194. The summed E-state index contributed by atoms with van der Waals surface area (Å²) in [5.74, 6) is 0.194. The zero-order chi connectivity index (χ0) is 10.2. The maximum atomic E-state index is 14.3. The molecular weight excluding hydrogens is 185 g/mol. The van der Waals surface area contributed by atoms with E-state index >= 15 is 0 Å². The molecule has 78 valence electrons. The van der Waals surface area contributed by atoms with E-state index in [4.69, 9.17) is 0 Å². The summed E-state index contributed by atoms with van der Waals surface area (Å²) in [6.07, 6.45) is 1.27. The van der Waals surface area contributed by atoms with Gasteiger partial charge in [-0.15, -0.1) is 10.2 Å². The fourth-order valence-corrected chi connectivity index (χ4v) is 1.63. The molecule has 1 saturated heterocycles. The van der Waals surface area contributed by atoms with Crippen LogP contribution in [-0.4, -0.2) is 32.8 Å². The second-order valence-electron chi connectivity index (χ2n) is 3.89. The number of halogens is 1. The van der Waals surface area contributed by atoms with Gasteiger partial charge in [-0.1, -0.05) is 0 Å². The fourth-order valence-electron chi connectivity index (χ4n) is 1.63. The zero-order valence-corrected chi connectivity index (χ0v) is 8.37. The smallest absolute Gasteiger partial charge is 0.213 e. The summed E-state index contributed by atoms with van der Waals surface area (Å²) in [5.41, 5.74) is -1.44. The van der Waals surface area contributed by atoms with Crippen molar-refractivity contribution in [2.75, 3.05) is 6.54 Å². The number of aryl methyl sites for hydroxylation is 1. The highest BCUT2D eigenvalue weighted by Gasteiger charge is 2.39. The molecule has 0 aliphatic carbocycles. The Hall–Kier alpha value is -1.04. The van der Waals surface area contributed by atoms with Crippen LogP contribution in [0.1, 0.15) is 25.6 Å². The molecule has 1 fully saturated rings. The van der Waals surface area contributed by atoms with E-state index < -0.39 is 5.67 Å². The second kappa shape index (κ2) is 3.27. The summed E-state index contributed by atoms with van der Waals surface area (Å²) >= 11 is 0. The maximum absolute atomic E-state index is 14.3. The van der Waals surface area contributed by atoms with Gasteiger partial charge in [-0.3, -0.25) is 0 Å². The summed E-state index contributed by atoms with van der Waals surface area (Å²) in [4.78, 5) is 1.29.